The third kappa shape index (κ3) is 4.22. The number of nitrogens with zero attached hydrogens (tertiary/aromatic N) is 2. The van der Waals surface area contributed by atoms with E-state index in [4.69, 9.17) is 19.2 Å². The van der Waals surface area contributed by atoms with Gasteiger partial charge < -0.3 is 19.6 Å². The first-order valence-electron chi connectivity index (χ1n) is 5.29. The van der Waals surface area contributed by atoms with Gasteiger partial charge in [0.1, 0.15) is 0 Å². The first kappa shape index (κ1) is 13.6. The standard InChI is InChI=1S/C9H16N2.H3O4P/c1-9(2)5-6-10-8-4-3-7-11(8)9;1-5(2,3)4/h3-7H2,1-2H3;(H3,1,2,3,4). The molecule has 94 valence electrons. The Bertz CT molecular complexity index is 315. The first-order valence-corrected chi connectivity index (χ1v) is 6.86. The molecule has 0 bridgehead atoms. The number of hydrogen-bond donors (Lipinski definition) is 3. The minimum Gasteiger partial charge on any atom is -0.355 e. The SMILES string of the molecule is CC1(C)CCN=C2CCCN21.O=P(O)(O)O. The fraction of sp³-hybridized carbons (Fsp3) is 0.889. The summed E-state index contributed by atoms with van der Waals surface area (Å²) in [5, 5.41) is 0. The highest BCUT2D eigenvalue weighted by Gasteiger charge is 2.34. The fourth-order valence-electron chi connectivity index (χ4n) is 2.07. The molecule has 0 saturated carbocycles. The average Bonchev–Trinajstić information content (AvgIpc) is 2.48. The third-order valence-electron chi connectivity index (χ3n) is 2.84. The van der Waals surface area contributed by atoms with Crippen LogP contribution in [0.4, 0.5) is 0 Å². The van der Waals surface area contributed by atoms with E-state index in [1.54, 1.807) is 0 Å². The van der Waals surface area contributed by atoms with Gasteiger partial charge >= 0.3 is 7.82 Å². The van der Waals surface area contributed by atoms with Gasteiger partial charge in [-0.05, 0) is 26.7 Å². The van der Waals surface area contributed by atoms with Crippen LogP contribution < -0.4 is 0 Å². The molecule has 0 aliphatic carbocycles. The molecule has 2 aliphatic heterocycles. The summed E-state index contributed by atoms with van der Waals surface area (Å²) in [4.78, 5) is 28.6. The summed E-state index contributed by atoms with van der Waals surface area (Å²) in [6.07, 6.45) is 3.74. The minimum atomic E-state index is -4.64. The van der Waals surface area contributed by atoms with Gasteiger partial charge in [0.25, 0.3) is 0 Å². The lowest BCUT2D eigenvalue weighted by Gasteiger charge is -2.40. The van der Waals surface area contributed by atoms with E-state index >= 15 is 0 Å². The van der Waals surface area contributed by atoms with Crippen molar-refractivity contribution < 1.29 is 19.2 Å². The van der Waals surface area contributed by atoms with Crippen LogP contribution in [0, 0.1) is 0 Å². The maximum absolute atomic E-state index is 8.88. The lowest BCUT2D eigenvalue weighted by molar-refractivity contribution is 0.206. The molecule has 0 amide bonds. The van der Waals surface area contributed by atoms with Crippen LogP contribution in [-0.4, -0.2) is 44.0 Å². The third-order valence-corrected chi connectivity index (χ3v) is 2.84. The molecule has 1 saturated heterocycles. The van der Waals surface area contributed by atoms with E-state index in [2.05, 4.69) is 23.7 Å². The molecule has 2 aliphatic rings. The van der Waals surface area contributed by atoms with Crippen LogP contribution in [0.15, 0.2) is 4.99 Å². The number of rotatable bonds is 0. The van der Waals surface area contributed by atoms with Crippen LogP contribution in [0.1, 0.15) is 33.1 Å². The maximum atomic E-state index is 8.88. The smallest absolute Gasteiger partial charge is 0.355 e. The molecule has 6 nitrogen and oxygen atoms in total. The van der Waals surface area contributed by atoms with Gasteiger partial charge in [0.15, 0.2) is 0 Å². The summed E-state index contributed by atoms with van der Waals surface area (Å²) in [7, 11) is -4.64. The van der Waals surface area contributed by atoms with Crippen LogP contribution >= 0.6 is 7.82 Å². The normalized spacial score (nSPS) is 23.1. The highest BCUT2D eigenvalue weighted by molar-refractivity contribution is 7.45. The Kier molecular flexibility index (Phi) is 4.12. The summed E-state index contributed by atoms with van der Waals surface area (Å²) in [5.74, 6) is 1.36. The quantitative estimate of drug-likeness (QED) is 0.551. The molecule has 0 atom stereocenters. The van der Waals surface area contributed by atoms with Crippen molar-refractivity contribution in [2.45, 2.75) is 38.6 Å². The zero-order valence-electron chi connectivity index (χ0n) is 9.63. The number of fused-ring (bicyclic) bond motifs is 1. The van der Waals surface area contributed by atoms with Crippen molar-refractivity contribution in [2.24, 2.45) is 4.99 Å². The molecule has 0 aromatic carbocycles. The van der Waals surface area contributed by atoms with Crippen LogP contribution in [0.5, 0.6) is 0 Å². The minimum absolute atomic E-state index is 0.383. The molecule has 0 spiro atoms. The number of aliphatic imine (C=N–C) groups is 1. The molecule has 2 rings (SSSR count). The monoisotopic (exact) mass is 250 g/mol. The molecule has 2 heterocycles. The largest absolute Gasteiger partial charge is 0.466 e. The van der Waals surface area contributed by atoms with Crippen molar-refractivity contribution in [1.29, 1.82) is 0 Å². The summed E-state index contributed by atoms with van der Waals surface area (Å²) in [6, 6.07) is 0. The molecule has 1 fully saturated rings. The molecule has 0 aromatic rings. The zero-order chi connectivity index (χ0) is 12.4. The highest BCUT2D eigenvalue weighted by atomic mass is 31.2. The predicted molar refractivity (Wildman–Crippen MR) is 61.2 cm³/mol. The Morgan fingerprint density at radius 1 is 1.38 bits per heavy atom. The van der Waals surface area contributed by atoms with Gasteiger partial charge in [0, 0.05) is 25.0 Å². The van der Waals surface area contributed by atoms with Gasteiger partial charge in [0.2, 0.25) is 0 Å². The van der Waals surface area contributed by atoms with Crippen molar-refractivity contribution in [3.63, 3.8) is 0 Å². The van der Waals surface area contributed by atoms with Gasteiger partial charge in [0.05, 0.1) is 5.84 Å². The highest BCUT2D eigenvalue weighted by Crippen LogP contribution is 2.29. The summed E-state index contributed by atoms with van der Waals surface area (Å²) in [6.45, 7) is 6.92. The maximum Gasteiger partial charge on any atom is 0.466 e. The molecule has 0 radical (unpaired) electrons. The van der Waals surface area contributed by atoms with Crippen LogP contribution in [0.3, 0.4) is 0 Å². The van der Waals surface area contributed by atoms with Gasteiger partial charge in [-0.1, -0.05) is 0 Å². The molecular formula is C9H19N2O4P. The Morgan fingerprint density at radius 3 is 2.44 bits per heavy atom. The lowest BCUT2D eigenvalue weighted by Crippen LogP contribution is -2.47. The van der Waals surface area contributed by atoms with Gasteiger partial charge in [-0.2, -0.15) is 0 Å². The van der Waals surface area contributed by atoms with Crippen LogP contribution in [-0.2, 0) is 4.57 Å². The van der Waals surface area contributed by atoms with Gasteiger partial charge in [-0.15, -0.1) is 0 Å². The lowest BCUT2D eigenvalue weighted by atomic mass is 9.97. The van der Waals surface area contributed by atoms with Crippen LogP contribution in [0.25, 0.3) is 0 Å². The zero-order valence-corrected chi connectivity index (χ0v) is 10.5. The number of hydrogen-bond acceptors (Lipinski definition) is 3. The fourth-order valence-corrected chi connectivity index (χ4v) is 2.07. The molecule has 3 N–H and O–H groups in total. The molecule has 16 heavy (non-hydrogen) atoms. The van der Waals surface area contributed by atoms with Crippen molar-refractivity contribution in [1.82, 2.24) is 4.90 Å². The van der Waals surface area contributed by atoms with E-state index in [9.17, 15) is 0 Å². The second-order valence-corrected chi connectivity index (χ2v) is 5.66. The van der Waals surface area contributed by atoms with Crippen molar-refractivity contribution in [3.8, 4) is 0 Å². The Labute approximate surface area is 95.2 Å². The van der Waals surface area contributed by atoms with Gasteiger partial charge in [-0.3, -0.25) is 4.99 Å². The van der Waals surface area contributed by atoms with E-state index in [1.165, 1.54) is 31.6 Å². The summed E-state index contributed by atoms with van der Waals surface area (Å²) >= 11 is 0. The molecule has 0 aromatic heterocycles. The Balaban J connectivity index is 0.000000221. The summed E-state index contributed by atoms with van der Waals surface area (Å²) in [5.41, 5.74) is 0.383. The van der Waals surface area contributed by atoms with E-state index < -0.39 is 7.82 Å². The molecule has 7 heteroatoms. The molecule has 0 unspecified atom stereocenters. The first-order chi connectivity index (χ1) is 7.20. The number of amidine groups is 1. The predicted octanol–water partition coefficient (Wildman–Crippen LogP) is 0.734. The van der Waals surface area contributed by atoms with Crippen molar-refractivity contribution in [2.75, 3.05) is 13.1 Å². The topological polar surface area (TPSA) is 93.4 Å². The van der Waals surface area contributed by atoms with E-state index in [0.29, 0.717) is 5.54 Å². The average molecular weight is 250 g/mol. The van der Waals surface area contributed by atoms with Crippen molar-refractivity contribution in [3.05, 3.63) is 0 Å². The van der Waals surface area contributed by atoms with E-state index in [1.807, 2.05) is 0 Å². The van der Waals surface area contributed by atoms with E-state index in [-0.39, 0.29) is 0 Å². The van der Waals surface area contributed by atoms with Crippen molar-refractivity contribution >= 4 is 13.7 Å². The van der Waals surface area contributed by atoms with E-state index in [0.717, 1.165) is 6.54 Å². The second-order valence-electron chi connectivity index (χ2n) is 4.63. The molecular weight excluding hydrogens is 231 g/mol. The van der Waals surface area contributed by atoms with Gasteiger partial charge in [-0.25, -0.2) is 4.57 Å². The Morgan fingerprint density at radius 2 is 1.94 bits per heavy atom. The van der Waals surface area contributed by atoms with Crippen LogP contribution in [0.2, 0.25) is 0 Å². The second kappa shape index (κ2) is 4.84. The Hall–Kier alpha value is -0.420. The number of phosphoric acid groups is 1. The summed E-state index contributed by atoms with van der Waals surface area (Å²) < 4.78 is 8.88.